The zero-order valence-corrected chi connectivity index (χ0v) is 10.6. The average Bonchev–Trinajstić information content (AvgIpc) is 2.66. The molecule has 1 rings (SSSR count). The number of ether oxygens (including phenoxy) is 1. The van der Waals surface area contributed by atoms with Gasteiger partial charge in [-0.05, 0) is 45.2 Å². The summed E-state index contributed by atoms with van der Waals surface area (Å²) in [5.41, 5.74) is 4.79. The summed E-state index contributed by atoms with van der Waals surface area (Å²) in [6, 6.07) is 0. The first-order chi connectivity index (χ1) is 7.57. The smallest absolute Gasteiger partial charge is 0.0741 e. The first-order valence-corrected chi connectivity index (χ1v) is 6.21. The molecule has 16 heavy (non-hydrogen) atoms. The van der Waals surface area contributed by atoms with Crippen molar-refractivity contribution in [3.8, 4) is 0 Å². The molecule has 4 nitrogen and oxygen atoms in total. The molecule has 0 radical (unpaired) electrons. The quantitative estimate of drug-likeness (QED) is 0.666. The minimum absolute atomic E-state index is 0.347. The Morgan fingerprint density at radius 1 is 1.56 bits per heavy atom. The van der Waals surface area contributed by atoms with E-state index in [0.717, 1.165) is 32.5 Å². The molecule has 1 aliphatic rings. The van der Waals surface area contributed by atoms with Crippen LogP contribution in [-0.2, 0) is 4.74 Å². The average molecular weight is 230 g/mol. The normalized spacial score (nSPS) is 25.9. The van der Waals surface area contributed by atoms with Crippen LogP contribution in [0, 0.1) is 5.92 Å². The third-order valence-corrected chi connectivity index (χ3v) is 3.40. The Hall–Kier alpha value is -0.160. The Bertz CT molecular complexity index is 197. The second-order valence-electron chi connectivity index (χ2n) is 5.22. The third-order valence-electron chi connectivity index (χ3n) is 3.40. The van der Waals surface area contributed by atoms with Crippen LogP contribution in [0.15, 0.2) is 0 Å². The van der Waals surface area contributed by atoms with Crippen LogP contribution in [0.4, 0.5) is 0 Å². The summed E-state index contributed by atoms with van der Waals surface area (Å²) < 4.78 is 5.17. The van der Waals surface area contributed by atoms with Crippen LogP contribution < -0.4 is 5.73 Å². The van der Waals surface area contributed by atoms with E-state index < -0.39 is 5.60 Å². The maximum absolute atomic E-state index is 9.77. The molecule has 1 fully saturated rings. The van der Waals surface area contributed by atoms with Crippen molar-refractivity contribution in [2.24, 2.45) is 11.7 Å². The standard InChI is InChI=1S/C12H26N2O2/c1-12(15,10-13)5-3-6-14-7-4-11(8-14)9-16-2/h11,15H,3-10,13H2,1-2H3. The van der Waals surface area contributed by atoms with E-state index >= 15 is 0 Å². The topological polar surface area (TPSA) is 58.7 Å². The monoisotopic (exact) mass is 230 g/mol. The largest absolute Gasteiger partial charge is 0.389 e. The molecule has 1 aliphatic heterocycles. The highest BCUT2D eigenvalue weighted by atomic mass is 16.5. The van der Waals surface area contributed by atoms with Crippen molar-refractivity contribution in [3.63, 3.8) is 0 Å². The predicted octanol–water partition coefficient (Wildman–Crippen LogP) is 0.445. The van der Waals surface area contributed by atoms with E-state index in [1.54, 1.807) is 7.11 Å². The zero-order valence-electron chi connectivity index (χ0n) is 10.6. The van der Waals surface area contributed by atoms with E-state index in [-0.39, 0.29) is 0 Å². The summed E-state index contributed by atoms with van der Waals surface area (Å²) in [6.07, 6.45) is 3.04. The fourth-order valence-corrected chi connectivity index (χ4v) is 2.27. The van der Waals surface area contributed by atoms with Crippen LogP contribution in [0.3, 0.4) is 0 Å². The number of nitrogens with zero attached hydrogens (tertiary/aromatic N) is 1. The maximum atomic E-state index is 9.77. The Kier molecular flexibility index (Phi) is 5.69. The molecule has 2 unspecified atom stereocenters. The van der Waals surface area contributed by atoms with Crippen LogP contribution in [-0.4, -0.2) is 55.5 Å². The van der Waals surface area contributed by atoms with Crippen molar-refractivity contribution < 1.29 is 9.84 Å². The molecule has 0 amide bonds. The van der Waals surface area contributed by atoms with Gasteiger partial charge in [-0.15, -0.1) is 0 Å². The van der Waals surface area contributed by atoms with Gasteiger partial charge in [0.2, 0.25) is 0 Å². The number of likely N-dealkylation sites (tertiary alicyclic amines) is 1. The fraction of sp³-hybridized carbons (Fsp3) is 1.00. The van der Waals surface area contributed by atoms with Gasteiger partial charge in [0.15, 0.2) is 0 Å². The number of rotatable bonds is 7. The highest BCUT2D eigenvalue weighted by molar-refractivity contribution is 4.78. The number of aliphatic hydroxyl groups is 1. The minimum Gasteiger partial charge on any atom is -0.389 e. The second kappa shape index (κ2) is 6.55. The molecule has 0 spiro atoms. The van der Waals surface area contributed by atoms with Gasteiger partial charge in [-0.3, -0.25) is 0 Å². The molecule has 2 atom stereocenters. The van der Waals surface area contributed by atoms with Crippen LogP contribution in [0.5, 0.6) is 0 Å². The highest BCUT2D eigenvalue weighted by Gasteiger charge is 2.23. The highest BCUT2D eigenvalue weighted by Crippen LogP contribution is 2.18. The summed E-state index contributed by atoms with van der Waals surface area (Å²) in [5, 5.41) is 9.77. The lowest BCUT2D eigenvalue weighted by atomic mass is 10.0. The number of methoxy groups -OCH3 is 1. The van der Waals surface area contributed by atoms with E-state index in [0.29, 0.717) is 12.5 Å². The molecule has 0 bridgehead atoms. The molecule has 96 valence electrons. The van der Waals surface area contributed by atoms with E-state index in [2.05, 4.69) is 4.90 Å². The lowest BCUT2D eigenvalue weighted by Crippen LogP contribution is -2.35. The van der Waals surface area contributed by atoms with Gasteiger partial charge in [0.05, 0.1) is 12.2 Å². The lowest BCUT2D eigenvalue weighted by Gasteiger charge is -2.23. The molecule has 3 N–H and O–H groups in total. The molecule has 0 aromatic heterocycles. The summed E-state index contributed by atoms with van der Waals surface area (Å²) in [6.45, 7) is 6.40. The van der Waals surface area contributed by atoms with Crippen LogP contribution in [0.2, 0.25) is 0 Å². The Morgan fingerprint density at radius 3 is 2.94 bits per heavy atom. The Labute approximate surface area is 98.8 Å². The lowest BCUT2D eigenvalue weighted by molar-refractivity contribution is 0.0549. The summed E-state index contributed by atoms with van der Waals surface area (Å²) in [4.78, 5) is 2.45. The SMILES string of the molecule is COCC1CCN(CCCC(C)(O)CN)C1. The minimum atomic E-state index is -0.689. The summed E-state index contributed by atoms with van der Waals surface area (Å²) in [7, 11) is 1.76. The molecular formula is C12H26N2O2. The van der Waals surface area contributed by atoms with Gasteiger partial charge in [0, 0.05) is 20.2 Å². The molecule has 4 heteroatoms. The van der Waals surface area contributed by atoms with Crippen LogP contribution >= 0.6 is 0 Å². The number of hydrogen-bond acceptors (Lipinski definition) is 4. The molecule has 1 saturated heterocycles. The van der Waals surface area contributed by atoms with Gasteiger partial charge in [-0.25, -0.2) is 0 Å². The fourth-order valence-electron chi connectivity index (χ4n) is 2.27. The van der Waals surface area contributed by atoms with E-state index in [4.69, 9.17) is 10.5 Å². The van der Waals surface area contributed by atoms with E-state index in [1.807, 2.05) is 6.92 Å². The van der Waals surface area contributed by atoms with E-state index in [1.165, 1.54) is 13.0 Å². The Morgan fingerprint density at radius 2 is 2.31 bits per heavy atom. The second-order valence-corrected chi connectivity index (χ2v) is 5.22. The molecule has 0 aromatic rings. The van der Waals surface area contributed by atoms with Gasteiger partial charge < -0.3 is 20.5 Å². The maximum Gasteiger partial charge on any atom is 0.0741 e. The van der Waals surface area contributed by atoms with Gasteiger partial charge in [0.1, 0.15) is 0 Å². The van der Waals surface area contributed by atoms with E-state index in [9.17, 15) is 5.11 Å². The van der Waals surface area contributed by atoms with Gasteiger partial charge in [-0.2, -0.15) is 0 Å². The van der Waals surface area contributed by atoms with Crippen molar-refractivity contribution in [2.45, 2.75) is 31.8 Å². The molecule has 0 aliphatic carbocycles. The number of hydrogen-bond donors (Lipinski definition) is 2. The first kappa shape index (κ1) is 13.9. The van der Waals surface area contributed by atoms with Crippen LogP contribution in [0.25, 0.3) is 0 Å². The Balaban J connectivity index is 2.11. The predicted molar refractivity (Wildman–Crippen MR) is 65.3 cm³/mol. The zero-order chi connectivity index (χ0) is 12.0. The number of nitrogens with two attached hydrogens (primary N) is 1. The van der Waals surface area contributed by atoms with Gasteiger partial charge in [0.25, 0.3) is 0 Å². The van der Waals surface area contributed by atoms with Crippen molar-refractivity contribution >= 4 is 0 Å². The molecule has 0 aromatic carbocycles. The van der Waals surface area contributed by atoms with Crippen molar-refractivity contribution in [1.29, 1.82) is 0 Å². The van der Waals surface area contributed by atoms with Crippen molar-refractivity contribution in [1.82, 2.24) is 4.90 Å². The molecule has 1 heterocycles. The molecule has 0 saturated carbocycles. The summed E-state index contributed by atoms with van der Waals surface area (Å²) in [5.74, 6) is 0.694. The van der Waals surface area contributed by atoms with Gasteiger partial charge >= 0.3 is 0 Å². The third kappa shape index (κ3) is 4.78. The van der Waals surface area contributed by atoms with Crippen LogP contribution in [0.1, 0.15) is 26.2 Å². The first-order valence-electron chi connectivity index (χ1n) is 6.21. The van der Waals surface area contributed by atoms with Crippen molar-refractivity contribution in [3.05, 3.63) is 0 Å². The van der Waals surface area contributed by atoms with Crippen molar-refractivity contribution in [2.75, 3.05) is 39.9 Å². The van der Waals surface area contributed by atoms with Gasteiger partial charge in [-0.1, -0.05) is 0 Å². The molecular weight excluding hydrogens is 204 g/mol. The summed E-state index contributed by atoms with van der Waals surface area (Å²) >= 11 is 0.